The van der Waals surface area contributed by atoms with E-state index >= 15 is 0 Å². The number of rotatable bonds is 6. The number of amides is 1. The number of hydrogen-bond acceptors (Lipinski definition) is 5. The molecule has 1 heterocycles. The van der Waals surface area contributed by atoms with Crippen molar-refractivity contribution in [2.24, 2.45) is 5.10 Å². The number of benzene rings is 2. The molecule has 7 nitrogen and oxygen atoms in total. The van der Waals surface area contributed by atoms with E-state index in [0.717, 1.165) is 0 Å². The Hall–Kier alpha value is -3.16. The van der Waals surface area contributed by atoms with Gasteiger partial charge in [0.05, 0.1) is 28.1 Å². The molecular formula is C21H18Cl2N4O3. The van der Waals surface area contributed by atoms with Gasteiger partial charge >= 0.3 is 5.69 Å². The number of carbonyl (C=O) groups is 1. The number of aromatic nitrogens is 2. The summed E-state index contributed by atoms with van der Waals surface area (Å²) in [5.41, 5.74) is 3.41. The second-order valence-electron chi connectivity index (χ2n) is 6.53. The van der Waals surface area contributed by atoms with E-state index in [1.54, 1.807) is 24.3 Å². The molecule has 3 aromatic rings. The largest absolute Gasteiger partial charge is 0.488 e. The SMILES string of the molecule is CC(C)Oc1c(Cl)cc(/C=N/NC(=O)c2cc(-c3ccccc3)nc(=O)[nH]2)cc1Cl. The second kappa shape index (κ2) is 9.56. The van der Waals surface area contributed by atoms with Gasteiger partial charge in [-0.05, 0) is 37.6 Å². The first-order valence-electron chi connectivity index (χ1n) is 8.99. The zero-order chi connectivity index (χ0) is 21.7. The van der Waals surface area contributed by atoms with Crippen LogP contribution in [-0.2, 0) is 0 Å². The Morgan fingerprint density at radius 1 is 1.17 bits per heavy atom. The maximum Gasteiger partial charge on any atom is 0.346 e. The summed E-state index contributed by atoms with van der Waals surface area (Å²) in [6.07, 6.45) is 1.30. The van der Waals surface area contributed by atoms with Gasteiger partial charge in [0.15, 0.2) is 5.75 Å². The standard InChI is InChI=1S/C21H18Cl2N4O3/c1-12(2)30-19-15(22)8-13(9-16(19)23)11-24-27-20(28)18-10-17(25-21(29)26-18)14-6-4-3-5-7-14/h3-12H,1-2H3,(H,27,28)(H,25,26,29)/b24-11+. The van der Waals surface area contributed by atoms with Gasteiger partial charge in [-0.25, -0.2) is 10.2 Å². The highest BCUT2D eigenvalue weighted by Crippen LogP contribution is 2.34. The smallest absolute Gasteiger partial charge is 0.346 e. The lowest BCUT2D eigenvalue weighted by Gasteiger charge is -2.13. The van der Waals surface area contributed by atoms with Gasteiger partial charge in [0, 0.05) is 5.56 Å². The summed E-state index contributed by atoms with van der Waals surface area (Å²) in [5.74, 6) is -0.211. The Morgan fingerprint density at radius 2 is 1.83 bits per heavy atom. The summed E-state index contributed by atoms with van der Waals surface area (Å²) in [4.78, 5) is 30.5. The Labute approximate surface area is 182 Å². The summed E-state index contributed by atoms with van der Waals surface area (Å²) in [6.45, 7) is 3.73. The van der Waals surface area contributed by atoms with Crippen LogP contribution in [0.2, 0.25) is 10.0 Å². The van der Waals surface area contributed by atoms with Crippen LogP contribution >= 0.6 is 23.2 Å². The van der Waals surface area contributed by atoms with Gasteiger partial charge in [-0.1, -0.05) is 53.5 Å². The van der Waals surface area contributed by atoms with Crippen LogP contribution < -0.4 is 15.9 Å². The zero-order valence-electron chi connectivity index (χ0n) is 16.1. The van der Waals surface area contributed by atoms with Crippen LogP contribution in [0.5, 0.6) is 5.75 Å². The van der Waals surface area contributed by atoms with Crippen molar-refractivity contribution >= 4 is 35.3 Å². The normalized spacial score (nSPS) is 11.1. The third-order valence-corrected chi connectivity index (χ3v) is 4.37. The number of halogens is 2. The molecule has 0 spiro atoms. The molecule has 0 unspecified atom stereocenters. The fourth-order valence-corrected chi connectivity index (χ4v) is 3.16. The van der Waals surface area contributed by atoms with Crippen molar-refractivity contribution in [2.45, 2.75) is 20.0 Å². The molecule has 0 saturated carbocycles. The van der Waals surface area contributed by atoms with Crippen molar-refractivity contribution in [1.82, 2.24) is 15.4 Å². The molecule has 3 rings (SSSR count). The maximum absolute atomic E-state index is 12.4. The van der Waals surface area contributed by atoms with E-state index in [1.165, 1.54) is 12.3 Å². The molecule has 0 aliphatic heterocycles. The molecule has 1 amide bonds. The molecule has 0 aliphatic rings. The zero-order valence-corrected chi connectivity index (χ0v) is 17.7. The topological polar surface area (TPSA) is 96.4 Å². The van der Waals surface area contributed by atoms with Crippen molar-refractivity contribution in [1.29, 1.82) is 0 Å². The Kier molecular flexibility index (Phi) is 6.87. The van der Waals surface area contributed by atoms with E-state index in [2.05, 4.69) is 20.5 Å². The van der Waals surface area contributed by atoms with E-state index in [4.69, 9.17) is 27.9 Å². The van der Waals surface area contributed by atoms with Crippen LogP contribution in [0, 0.1) is 0 Å². The van der Waals surface area contributed by atoms with Crippen molar-refractivity contribution in [3.05, 3.63) is 80.3 Å². The molecule has 154 valence electrons. The van der Waals surface area contributed by atoms with Crippen LogP contribution in [0.3, 0.4) is 0 Å². The second-order valence-corrected chi connectivity index (χ2v) is 7.35. The van der Waals surface area contributed by atoms with Gasteiger partial charge in [0.25, 0.3) is 5.91 Å². The predicted octanol–water partition coefficient (Wildman–Crippen LogP) is 4.29. The summed E-state index contributed by atoms with van der Waals surface area (Å²) in [6, 6.07) is 13.8. The summed E-state index contributed by atoms with van der Waals surface area (Å²) >= 11 is 12.4. The van der Waals surface area contributed by atoms with Gasteiger partial charge in [-0.15, -0.1) is 0 Å². The number of H-pyrrole nitrogens is 1. The third kappa shape index (κ3) is 5.46. The number of ether oxygens (including phenoxy) is 1. The predicted molar refractivity (Wildman–Crippen MR) is 118 cm³/mol. The minimum absolute atomic E-state index is 0.0303. The fraction of sp³-hybridized carbons (Fsp3) is 0.143. The van der Waals surface area contributed by atoms with E-state index in [-0.39, 0.29) is 11.8 Å². The molecule has 0 radical (unpaired) electrons. The monoisotopic (exact) mass is 444 g/mol. The summed E-state index contributed by atoms with van der Waals surface area (Å²) in [7, 11) is 0. The molecule has 0 bridgehead atoms. The van der Waals surface area contributed by atoms with E-state index in [1.807, 2.05) is 32.0 Å². The molecule has 0 aliphatic carbocycles. The molecular weight excluding hydrogens is 427 g/mol. The highest BCUT2D eigenvalue weighted by atomic mass is 35.5. The average molecular weight is 445 g/mol. The molecule has 9 heteroatoms. The number of carbonyl (C=O) groups excluding carboxylic acids is 1. The van der Waals surface area contributed by atoms with Crippen LogP contribution in [0.25, 0.3) is 11.3 Å². The van der Waals surface area contributed by atoms with Crippen molar-refractivity contribution in [2.75, 3.05) is 0 Å². The molecule has 2 aromatic carbocycles. The van der Waals surface area contributed by atoms with Gasteiger partial charge < -0.3 is 9.72 Å². The number of aromatic amines is 1. The molecule has 0 atom stereocenters. The molecule has 2 N–H and O–H groups in total. The number of nitrogens with one attached hydrogen (secondary N) is 2. The van der Waals surface area contributed by atoms with Gasteiger partial charge in [0.2, 0.25) is 0 Å². The minimum atomic E-state index is -0.634. The highest BCUT2D eigenvalue weighted by Gasteiger charge is 2.12. The van der Waals surface area contributed by atoms with Crippen molar-refractivity contribution in [3.63, 3.8) is 0 Å². The number of nitrogens with zero attached hydrogens (tertiary/aromatic N) is 2. The van der Waals surface area contributed by atoms with Crippen molar-refractivity contribution in [3.8, 4) is 17.0 Å². The third-order valence-electron chi connectivity index (χ3n) is 3.81. The van der Waals surface area contributed by atoms with Crippen LogP contribution in [0.4, 0.5) is 0 Å². The highest BCUT2D eigenvalue weighted by molar-refractivity contribution is 6.37. The quantitative estimate of drug-likeness (QED) is 0.437. The first-order valence-corrected chi connectivity index (χ1v) is 9.75. The Morgan fingerprint density at radius 3 is 2.47 bits per heavy atom. The van der Waals surface area contributed by atoms with Crippen molar-refractivity contribution < 1.29 is 9.53 Å². The van der Waals surface area contributed by atoms with E-state index in [0.29, 0.717) is 32.6 Å². The minimum Gasteiger partial charge on any atom is -0.488 e. The lowest BCUT2D eigenvalue weighted by molar-refractivity contribution is 0.0949. The summed E-state index contributed by atoms with van der Waals surface area (Å²) in [5, 5.41) is 4.56. The lowest BCUT2D eigenvalue weighted by atomic mass is 10.1. The number of hydrogen-bond donors (Lipinski definition) is 2. The molecule has 0 saturated heterocycles. The number of hydrazone groups is 1. The average Bonchev–Trinajstić information content (AvgIpc) is 2.70. The van der Waals surface area contributed by atoms with Crippen LogP contribution in [-0.4, -0.2) is 28.2 Å². The maximum atomic E-state index is 12.4. The lowest BCUT2D eigenvalue weighted by Crippen LogP contribution is -2.24. The van der Waals surface area contributed by atoms with Gasteiger partial charge in [-0.3, -0.25) is 4.79 Å². The fourth-order valence-electron chi connectivity index (χ4n) is 2.56. The molecule has 30 heavy (non-hydrogen) atoms. The van der Waals surface area contributed by atoms with Crippen LogP contribution in [0.15, 0.2) is 58.4 Å². The van der Waals surface area contributed by atoms with Crippen LogP contribution in [0.1, 0.15) is 29.9 Å². The molecule has 1 aromatic heterocycles. The van der Waals surface area contributed by atoms with E-state index < -0.39 is 11.6 Å². The summed E-state index contributed by atoms with van der Waals surface area (Å²) < 4.78 is 5.57. The van der Waals surface area contributed by atoms with E-state index in [9.17, 15) is 9.59 Å². The van der Waals surface area contributed by atoms with Gasteiger partial charge in [-0.2, -0.15) is 10.1 Å². The Balaban J connectivity index is 1.75. The first-order chi connectivity index (χ1) is 14.3. The van der Waals surface area contributed by atoms with Gasteiger partial charge in [0.1, 0.15) is 5.69 Å². The Bertz CT molecular complexity index is 1120. The first kappa shape index (κ1) is 21.5. The molecule has 0 fully saturated rings.